The van der Waals surface area contributed by atoms with Gasteiger partial charge in [-0.3, -0.25) is 4.79 Å². The minimum Gasteiger partial charge on any atom is -0.481 e. The van der Waals surface area contributed by atoms with Gasteiger partial charge in [-0.25, -0.2) is 4.98 Å². The largest absolute Gasteiger partial charge is 0.481 e. The standard InChI is InChI=1S/C13H19N3O3/c1-19-11-7-8-14-13(15-11)16-9-3-2-4-10(16)5-6-12(17)18/h7-8,10H,2-6,9H2,1H3,(H,17,18). The third-order valence-corrected chi connectivity index (χ3v) is 3.40. The number of nitrogens with zero attached hydrogens (tertiary/aromatic N) is 3. The molecule has 0 radical (unpaired) electrons. The van der Waals surface area contributed by atoms with Gasteiger partial charge in [0.1, 0.15) is 0 Å². The van der Waals surface area contributed by atoms with E-state index in [1.54, 1.807) is 19.4 Å². The molecule has 1 atom stereocenters. The lowest BCUT2D eigenvalue weighted by molar-refractivity contribution is -0.137. The fraction of sp³-hybridized carbons (Fsp3) is 0.615. The molecule has 0 bridgehead atoms. The van der Waals surface area contributed by atoms with Gasteiger partial charge in [-0.05, 0) is 25.7 Å². The number of rotatable bonds is 5. The van der Waals surface area contributed by atoms with Gasteiger partial charge in [0.25, 0.3) is 0 Å². The van der Waals surface area contributed by atoms with E-state index in [1.165, 1.54) is 0 Å². The maximum Gasteiger partial charge on any atom is 0.303 e. The number of carboxylic acids is 1. The Morgan fingerprint density at radius 2 is 2.42 bits per heavy atom. The molecule has 19 heavy (non-hydrogen) atoms. The van der Waals surface area contributed by atoms with Gasteiger partial charge in [0.05, 0.1) is 7.11 Å². The highest BCUT2D eigenvalue weighted by molar-refractivity contribution is 5.66. The maximum atomic E-state index is 10.7. The van der Waals surface area contributed by atoms with E-state index in [4.69, 9.17) is 9.84 Å². The van der Waals surface area contributed by atoms with Gasteiger partial charge in [0.15, 0.2) is 0 Å². The first-order chi connectivity index (χ1) is 9.20. The summed E-state index contributed by atoms with van der Waals surface area (Å²) in [7, 11) is 1.57. The van der Waals surface area contributed by atoms with Gasteiger partial charge >= 0.3 is 5.97 Å². The van der Waals surface area contributed by atoms with Crippen molar-refractivity contribution in [3.8, 4) is 5.88 Å². The second-order valence-corrected chi connectivity index (χ2v) is 4.67. The molecule has 6 nitrogen and oxygen atoms in total. The van der Waals surface area contributed by atoms with E-state index in [0.717, 1.165) is 25.8 Å². The first kappa shape index (κ1) is 13.6. The van der Waals surface area contributed by atoms with Crippen molar-refractivity contribution in [1.29, 1.82) is 0 Å². The maximum absolute atomic E-state index is 10.7. The van der Waals surface area contributed by atoms with Crippen molar-refractivity contribution in [2.24, 2.45) is 0 Å². The van der Waals surface area contributed by atoms with Gasteiger partial charge in [0, 0.05) is 31.3 Å². The summed E-state index contributed by atoms with van der Waals surface area (Å²) in [6.07, 6.45) is 5.70. The summed E-state index contributed by atoms with van der Waals surface area (Å²) in [5.41, 5.74) is 0. The molecule has 0 spiro atoms. The SMILES string of the molecule is COc1ccnc(N2CCCCC2CCC(=O)O)n1. The molecular weight excluding hydrogens is 246 g/mol. The summed E-state index contributed by atoms with van der Waals surface area (Å²) in [6.45, 7) is 0.872. The molecule has 0 aromatic carbocycles. The first-order valence-corrected chi connectivity index (χ1v) is 6.56. The quantitative estimate of drug-likeness (QED) is 0.873. The summed E-state index contributed by atoms with van der Waals surface area (Å²) < 4.78 is 5.11. The molecule has 1 saturated heterocycles. The highest BCUT2D eigenvalue weighted by Crippen LogP contribution is 2.25. The zero-order valence-corrected chi connectivity index (χ0v) is 11.1. The van der Waals surface area contributed by atoms with Gasteiger partial charge in [-0.1, -0.05) is 0 Å². The van der Waals surface area contributed by atoms with Gasteiger partial charge < -0.3 is 14.7 Å². The topological polar surface area (TPSA) is 75.5 Å². The molecule has 1 aliphatic heterocycles. The van der Waals surface area contributed by atoms with Crippen molar-refractivity contribution in [2.45, 2.75) is 38.1 Å². The molecular formula is C13H19N3O3. The zero-order chi connectivity index (χ0) is 13.7. The summed E-state index contributed by atoms with van der Waals surface area (Å²) >= 11 is 0. The molecule has 0 saturated carbocycles. The monoisotopic (exact) mass is 265 g/mol. The number of carbonyl (C=O) groups is 1. The Morgan fingerprint density at radius 3 is 3.16 bits per heavy atom. The fourth-order valence-electron chi connectivity index (χ4n) is 2.44. The van der Waals surface area contributed by atoms with Crippen LogP contribution in [0.4, 0.5) is 5.95 Å². The lowest BCUT2D eigenvalue weighted by atomic mass is 9.98. The predicted molar refractivity (Wildman–Crippen MR) is 70.4 cm³/mol. The second kappa shape index (κ2) is 6.36. The number of hydrogen-bond donors (Lipinski definition) is 1. The number of carboxylic acid groups (broad SMARTS) is 1. The molecule has 2 rings (SSSR count). The van der Waals surface area contributed by atoms with Crippen LogP contribution in [0.1, 0.15) is 32.1 Å². The Bertz CT molecular complexity index is 439. The molecule has 1 aliphatic rings. The smallest absolute Gasteiger partial charge is 0.303 e. The van der Waals surface area contributed by atoms with E-state index in [2.05, 4.69) is 14.9 Å². The van der Waals surface area contributed by atoms with Gasteiger partial charge in [0.2, 0.25) is 11.8 Å². The van der Waals surface area contributed by atoms with E-state index >= 15 is 0 Å². The highest BCUT2D eigenvalue weighted by Gasteiger charge is 2.25. The number of methoxy groups -OCH3 is 1. The van der Waals surface area contributed by atoms with Crippen LogP contribution >= 0.6 is 0 Å². The highest BCUT2D eigenvalue weighted by atomic mass is 16.5. The number of aromatic nitrogens is 2. The molecule has 104 valence electrons. The average Bonchev–Trinajstić information content (AvgIpc) is 2.45. The van der Waals surface area contributed by atoms with Crippen molar-refractivity contribution in [3.05, 3.63) is 12.3 Å². The number of anilines is 1. The lowest BCUT2D eigenvalue weighted by Gasteiger charge is -2.35. The lowest BCUT2D eigenvalue weighted by Crippen LogP contribution is -2.41. The zero-order valence-electron chi connectivity index (χ0n) is 11.1. The Hall–Kier alpha value is -1.85. The third-order valence-electron chi connectivity index (χ3n) is 3.40. The molecule has 2 heterocycles. The fourth-order valence-corrected chi connectivity index (χ4v) is 2.44. The second-order valence-electron chi connectivity index (χ2n) is 4.67. The Balaban J connectivity index is 2.11. The normalized spacial score (nSPS) is 19.2. The Labute approximate surface area is 112 Å². The van der Waals surface area contributed by atoms with E-state index in [9.17, 15) is 4.79 Å². The van der Waals surface area contributed by atoms with Crippen LogP contribution in [0.3, 0.4) is 0 Å². The minimum absolute atomic E-state index is 0.186. The number of ether oxygens (including phenoxy) is 1. The van der Waals surface area contributed by atoms with Crippen LogP contribution in [0.25, 0.3) is 0 Å². The number of aliphatic carboxylic acids is 1. The summed E-state index contributed by atoms with van der Waals surface area (Å²) in [6, 6.07) is 1.91. The van der Waals surface area contributed by atoms with Crippen molar-refractivity contribution >= 4 is 11.9 Å². The van der Waals surface area contributed by atoms with Crippen molar-refractivity contribution in [3.63, 3.8) is 0 Å². The van der Waals surface area contributed by atoms with Crippen LogP contribution in [0.2, 0.25) is 0 Å². The van der Waals surface area contributed by atoms with E-state index in [1.807, 2.05) is 0 Å². The summed E-state index contributed by atoms with van der Waals surface area (Å²) in [5, 5.41) is 8.81. The molecule has 1 aromatic rings. The number of piperidine rings is 1. The van der Waals surface area contributed by atoms with E-state index in [0.29, 0.717) is 18.2 Å². The first-order valence-electron chi connectivity index (χ1n) is 6.56. The summed E-state index contributed by atoms with van der Waals surface area (Å²) in [4.78, 5) is 21.4. The molecule has 6 heteroatoms. The van der Waals surface area contributed by atoms with Crippen LogP contribution in [-0.4, -0.2) is 40.7 Å². The van der Waals surface area contributed by atoms with Crippen LogP contribution in [-0.2, 0) is 4.79 Å². The van der Waals surface area contributed by atoms with Crippen molar-refractivity contribution in [1.82, 2.24) is 9.97 Å². The van der Waals surface area contributed by atoms with Crippen LogP contribution in [0.15, 0.2) is 12.3 Å². The number of hydrogen-bond acceptors (Lipinski definition) is 5. The molecule has 1 unspecified atom stereocenters. The van der Waals surface area contributed by atoms with Gasteiger partial charge in [-0.2, -0.15) is 4.98 Å². The van der Waals surface area contributed by atoms with E-state index in [-0.39, 0.29) is 12.5 Å². The Morgan fingerprint density at radius 1 is 1.58 bits per heavy atom. The van der Waals surface area contributed by atoms with E-state index < -0.39 is 5.97 Å². The van der Waals surface area contributed by atoms with Crippen molar-refractivity contribution < 1.29 is 14.6 Å². The van der Waals surface area contributed by atoms with Crippen LogP contribution < -0.4 is 9.64 Å². The average molecular weight is 265 g/mol. The van der Waals surface area contributed by atoms with Gasteiger partial charge in [-0.15, -0.1) is 0 Å². The van der Waals surface area contributed by atoms with Crippen LogP contribution in [0, 0.1) is 0 Å². The molecule has 1 fully saturated rings. The predicted octanol–water partition coefficient (Wildman–Crippen LogP) is 1.71. The molecule has 1 aromatic heterocycles. The third kappa shape index (κ3) is 3.56. The molecule has 0 amide bonds. The molecule has 1 N–H and O–H groups in total. The molecule has 0 aliphatic carbocycles. The summed E-state index contributed by atoms with van der Waals surface area (Å²) in [5.74, 6) is 0.416. The van der Waals surface area contributed by atoms with Crippen molar-refractivity contribution in [2.75, 3.05) is 18.6 Å². The Kier molecular flexibility index (Phi) is 4.54. The minimum atomic E-state index is -0.753. The van der Waals surface area contributed by atoms with Crippen LogP contribution in [0.5, 0.6) is 5.88 Å².